The van der Waals surface area contributed by atoms with Gasteiger partial charge in [-0.25, -0.2) is 0 Å². The third-order valence-electron chi connectivity index (χ3n) is 2.36. The molecule has 1 aromatic rings. The van der Waals surface area contributed by atoms with E-state index in [-0.39, 0.29) is 11.1 Å². The fourth-order valence-corrected chi connectivity index (χ4v) is 1.42. The molecule has 17 heavy (non-hydrogen) atoms. The standard InChI is InChI=1S/C12H17N3O2/c1-2-3-4-15-10-6-8(11(13)16)5-9(7-10)12(14)17/h5-7,15H,2-4H2,1H3,(H2,13,16)(H2,14,17). The number of rotatable bonds is 6. The average Bonchev–Trinajstić information content (AvgIpc) is 2.29. The smallest absolute Gasteiger partial charge is 0.248 e. The van der Waals surface area contributed by atoms with Crippen LogP contribution in [0.1, 0.15) is 40.5 Å². The molecule has 0 unspecified atom stereocenters. The summed E-state index contributed by atoms with van der Waals surface area (Å²) in [5.41, 5.74) is 11.6. The zero-order valence-corrected chi connectivity index (χ0v) is 9.82. The second kappa shape index (κ2) is 5.89. The first kappa shape index (κ1) is 13.0. The molecule has 1 aromatic carbocycles. The minimum Gasteiger partial charge on any atom is -0.385 e. The molecule has 0 bridgehead atoms. The number of anilines is 1. The van der Waals surface area contributed by atoms with Crippen molar-refractivity contribution in [2.45, 2.75) is 19.8 Å². The number of carbonyl (C=O) groups is 2. The lowest BCUT2D eigenvalue weighted by molar-refractivity contribution is 0.0999. The largest absolute Gasteiger partial charge is 0.385 e. The number of amides is 2. The molecule has 0 atom stereocenters. The SMILES string of the molecule is CCCCNc1cc(C(N)=O)cc(C(N)=O)c1. The van der Waals surface area contributed by atoms with Gasteiger partial charge in [0.15, 0.2) is 0 Å². The molecule has 0 aliphatic carbocycles. The Bertz CT molecular complexity index is 398. The van der Waals surface area contributed by atoms with Crippen LogP contribution in [-0.2, 0) is 0 Å². The number of carbonyl (C=O) groups excluding carboxylic acids is 2. The van der Waals surface area contributed by atoms with E-state index in [0.717, 1.165) is 19.4 Å². The summed E-state index contributed by atoms with van der Waals surface area (Å²) < 4.78 is 0. The molecule has 0 saturated heterocycles. The molecule has 0 heterocycles. The summed E-state index contributed by atoms with van der Waals surface area (Å²) in [5, 5.41) is 3.12. The monoisotopic (exact) mass is 235 g/mol. The molecular formula is C12H17N3O2. The summed E-state index contributed by atoms with van der Waals surface area (Å²) in [7, 11) is 0. The molecular weight excluding hydrogens is 218 g/mol. The zero-order valence-electron chi connectivity index (χ0n) is 9.82. The van der Waals surface area contributed by atoms with Gasteiger partial charge in [0.05, 0.1) is 0 Å². The van der Waals surface area contributed by atoms with E-state index in [4.69, 9.17) is 11.5 Å². The summed E-state index contributed by atoms with van der Waals surface area (Å²) in [5.74, 6) is -1.15. The predicted octanol–water partition coefficient (Wildman–Crippen LogP) is 1.10. The van der Waals surface area contributed by atoms with Crippen molar-refractivity contribution in [2.75, 3.05) is 11.9 Å². The summed E-state index contributed by atoms with van der Waals surface area (Å²) >= 11 is 0. The van der Waals surface area contributed by atoms with E-state index in [0.29, 0.717) is 5.69 Å². The number of primary amides is 2. The molecule has 5 nitrogen and oxygen atoms in total. The highest BCUT2D eigenvalue weighted by Crippen LogP contribution is 2.14. The van der Waals surface area contributed by atoms with Crippen molar-refractivity contribution < 1.29 is 9.59 Å². The van der Waals surface area contributed by atoms with E-state index in [9.17, 15) is 9.59 Å². The maximum atomic E-state index is 11.1. The van der Waals surface area contributed by atoms with E-state index in [1.165, 1.54) is 6.07 Å². The second-order valence-electron chi connectivity index (χ2n) is 3.81. The van der Waals surface area contributed by atoms with Crippen LogP contribution in [0.25, 0.3) is 0 Å². The highest BCUT2D eigenvalue weighted by molar-refractivity contribution is 5.99. The fourth-order valence-electron chi connectivity index (χ4n) is 1.42. The number of unbranched alkanes of at least 4 members (excludes halogenated alkanes) is 1. The minimum absolute atomic E-state index is 0.278. The lowest BCUT2D eigenvalue weighted by Gasteiger charge is -2.08. The maximum absolute atomic E-state index is 11.1. The van der Waals surface area contributed by atoms with Crippen LogP contribution in [0.5, 0.6) is 0 Å². The molecule has 0 spiro atoms. The van der Waals surface area contributed by atoms with Crippen molar-refractivity contribution in [2.24, 2.45) is 11.5 Å². The van der Waals surface area contributed by atoms with E-state index in [2.05, 4.69) is 12.2 Å². The van der Waals surface area contributed by atoms with Gasteiger partial charge in [-0.3, -0.25) is 9.59 Å². The van der Waals surface area contributed by atoms with Crippen LogP contribution in [0.4, 0.5) is 5.69 Å². The average molecular weight is 235 g/mol. The number of hydrogen-bond acceptors (Lipinski definition) is 3. The Kier molecular flexibility index (Phi) is 4.51. The Hall–Kier alpha value is -2.04. The van der Waals surface area contributed by atoms with Crippen LogP contribution >= 0.6 is 0 Å². The summed E-state index contributed by atoms with van der Waals surface area (Å²) in [6, 6.07) is 4.63. The number of nitrogens with one attached hydrogen (secondary N) is 1. The molecule has 0 fully saturated rings. The first-order chi connectivity index (χ1) is 8.04. The van der Waals surface area contributed by atoms with E-state index in [1.807, 2.05) is 0 Å². The molecule has 0 aliphatic heterocycles. The van der Waals surface area contributed by atoms with Crippen molar-refractivity contribution in [3.63, 3.8) is 0 Å². The Morgan fingerprint density at radius 2 is 1.65 bits per heavy atom. The molecule has 0 aliphatic rings. The van der Waals surface area contributed by atoms with E-state index in [1.54, 1.807) is 12.1 Å². The molecule has 5 heteroatoms. The third kappa shape index (κ3) is 3.79. The molecule has 5 N–H and O–H groups in total. The maximum Gasteiger partial charge on any atom is 0.248 e. The van der Waals surface area contributed by atoms with Gasteiger partial charge >= 0.3 is 0 Å². The van der Waals surface area contributed by atoms with Crippen LogP contribution in [0.2, 0.25) is 0 Å². The summed E-state index contributed by atoms with van der Waals surface area (Å²) in [6.07, 6.45) is 2.07. The van der Waals surface area contributed by atoms with Gasteiger partial charge in [-0.2, -0.15) is 0 Å². The normalized spacial score (nSPS) is 9.94. The number of hydrogen-bond donors (Lipinski definition) is 3. The Balaban J connectivity index is 2.95. The molecule has 0 radical (unpaired) electrons. The highest BCUT2D eigenvalue weighted by atomic mass is 16.1. The summed E-state index contributed by atoms with van der Waals surface area (Å²) in [4.78, 5) is 22.2. The molecule has 2 amide bonds. The molecule has 0 saturated carbocycles. The third-order valence-corrected chi connectivity index (χ3v) is 2.36. The quantitative estimate of drug-likeness (QED) is 0.644. The highest BCUT2D eigenvalue weighted by Gasteiger charge is 2.08. The van der Waals surface area contributed by atoms with Crippen molar-refractivity contribution in [1.29, 1.82) is 0 Å². The number of benzene rings is 1. The predicted molar refractivity (Wildman–Crippen MR) is 66.9 cm³/mol. The van der Waals surface area contributed by atoms with E-state index >= 15 is 0 Å². The Morgan fingerprint density at radius 3 is 2.06 bits per heavy atom. The summed E-state index contributed by atoms with van der Waals surface area (Å²) in [6.45, 7) is 2.85. The van der Waals surface area contributed by atoms with Gasteiger partial charge < -0.3 is 16.8 Å². The first-order valence-corrected chi connectivity index (χ1v) is 5.53. The van der Waals surface area contributed by atoms with Gasteiger partial charge in [-0.15, -0.1) is 0 Å². The van der Waals surface area contributed by atoms with Gasteiger partial charge in [-0.05, 0) is 24.6 Å². The van der Waals surface area contributed by atoms with Crippen LogP contribution < -0.4 is 16.8 Å². The van der Waals surface area contributed by atoms with Gasteiger partial charge in [-0.1, -0.05) is 13.3 Å². The minimum atomic E-state index is -0.577. The Morgan fingerprint density at radius 1 is 1.12 bits per heavy atom. The van der Waals surface area contributed by atoms with Gasteiger partial charge in [0.2, 0.25) is 11.8 Å². The van der Waals surface area contributed by atoms with Crippen LogP contribution in [0.15, 0.2) is 18.2 Å². The Labute approximate surface area is 100 Å². The lowest BCUT2D eigenvalue weighted by Crippen LogP contribution is -2.16. The van der Waals surface area contributed by atoms with Crippen molar-refractivity contribution in [1.82, 2.24) is 0 Å². The first-order valence-electron chi connectivity index (χ1n) is 5.53. The number of nitrogens with two attached hydrogens (primary N) is 2. The van der Waals surface area contributed by atoms with Crippen molar-refractivity contribution in [3.8, 4) is 0 Å². The lowest BCUT2D eigenvalue weighted by atomic mass is 10.1. The van der Waals surface area contributed by atoms with Crippen LogP contribution in [0, 0.1) is 0 Å². The van der Waals surface area contributed by atoms with Gasteiger partial charge in [0.1, 0.15) is 0 Å². The molecule has 1 rings (SSSR count). The zero-order chi connectivity index (χ0) is 12.8. The van der Waals surface area contributed by atoms with Crippen LogP contribution in [0.3, 0.4) is 0 Å². The van der Waals surface area contributed by atoms with Gasteiger partial charge in [0, 0.05) is 23.4 Å². The second-order valence-corrected chi connectivity index (χ2v) is 3.81. The van der Waals surface area contributed by atoms with E-state index < -0.39 is 11.8 Å². The van der Waals surface area contributed by atoms with Crippen LogP contribution in [-0.4, -0.2) is 18.4 Å². The molecule has 0 aromatic heterocycles. The topological polar surface area (TPSA) is 98.2 Å². The van der Waals surface area contributed by atoms with Crippen molar-refractivity contribution in [3.05, 3.63) is 29.3 Å². The van der Waals surface area contributed by atoms with Crippen molar-refractivity contribution >= 4 is 17.5 Å². The molecule has 92 valence electrons. The fraction of sp³-hybridized carbons (Fsp3) is 0.333. The van der Waals surface area contributed by atoms with Gasteiger partial charge in [0.25, 0.3) is 0 Å².